The molecular formula is C18H32O4Sn. The van der Waals surface area contributed by atoms with Gasteiger partial charge in [-0.1, -0.05) is 0 Å². The van der Waals surface area contributed by atoms with Gasteiger partial charge in [0, 0.05) is 0 Å². The minimum atomic E-state index is -3.42. The van der Waals surface area contributed by atoms with Gasteiger partial charge in [0.05, 0.1) is 0 Å². The summed E-state index contributed by atoms with van der Waals surface area (Å²) in [4.78, 5) is 22.6. The Bertz CT molecular complexity index is 410. The van der Waals surface area contributed by atoms with Gasteiger partial charge < -0.3 is 0 Å². The average Bonchev–Trinajstić information content (AvgIpc) is 2.40. The number of hydrogen-bond donors (Lipinski definition) is 0. The summed E-state index contributed by atoms with van der Waals surface area (Å²) >= 11 is -3.42. The zero-order chi connectivity index (χ0) is 17.9. The molecule has 0 aromatic heterocycles. The third-order valence-electron chi connectivity index (χ3n) is 3.33. The SMILES string of the molecule is CCC[CH2][Sn]([CH2]CCC)([O]C(C)=CC(C)=O)[O]C(C)=CC(C)=O. The van der Waals surface area contributed by atoms with Crippen LogP contribution in [0, 0.1) is 0 Å². The van der Waals surface area contributed by atoms with E-state index in [1.165, 1.54) is 26.0 Å². The maximum atomic E-state index is 11.3. The Morgan fingerprint density at radius 3 is 1.39 bits per heavy atom. The van der Waals surface area contributed by atoms with Gasteiger partial charge in [0.15, 0.2) is 0 Å². The Hall–Kier alpha value is -0.781. The van der Waals surface area contributed by atoms with Crippen molar-refractivity contribution in [2.75, 3.05) is 0 Å². The molecule has 0 heterocycles. The second kappa shape index (κ2) is 11.7. The van der Waals surface area contributed by atoms with Crippen LogP contribution in [-0.4, -0.2) is 30.8 Å². The van der Waals surface area contributed by atoms with Crippen molar-refractivity contribution in [2.45, 2.75) is 76.1 Å². The topological polar surface area (TPSA) is 52.6 Å². The Morgan fingerprint density at radius 1 is 0.783 bits per heavy atom. The minimum absolute atomic E-state index is 0.0235. The van der Waals surface area contributed by atoms with Gasteiger partial charge in [-0.15, -0.1) is 0 Å². The number of rotatable bonds is 12. The zero-order valence-corrected chi connectivity index (χ0v) is 18.4. The fourth-order valence-electron chi connectivity index (χ4n) is 2.46. The number of carbonyl (C=O) groups excluding carboxylic acids is 2. The summed E-state index contributed by atoms with van der Waals surface area (Å²) in [6.07, 6.45) is 7.28. The van der Waals surface area contributed by atoms with Crippen molar-refractivity contribution in [3.05, 3.63) is 23.7 Å². The molecule has 0 fully saturated rings. The van der Waals surface area contributed by atoms with E-state index in [1.807, 2.05) is 13.8 Å². The van der Waals surface area contributed by atoms with Gasteiger partial charge in [-0.3, -0.25) is 0 Å². The first-order valence-corrected chi connectivity index (χ1v) is 14.9. The van der Waals surface area contributed by atoms with Crippen LogP contribution < -0.4 is 0 Å². The Labute approximate surface area is 146 Å². The van der Waals surface area contributed by atoms with Gasteiger partial charge in [-0.05, 0) is 0 Å². The van der Waals surface area contributed by atoms with Crippen LogP contribution in [0.1, 0.15) is 67.2 Å². The van der Waals surface area contributed by atoms with Crippen molar-refractivity contribution in [2.24, 2.45) is 0 Å². The summed E-state index contributed by atoms with van der Waals surface area (Å²) in [5, 5.41) is 0. The van der Waals surface area contributed by atoms with E-state index in [0.717, 1.165) is 34.6 Å². The molecule has 5 heteroatoms. The third kappa shape index (κ3) is 10.6. The fourth-order valence-corrected chi connectivity index (χ4v) is 13.2. The summed E-state index contributed by atoms with van der Waals surface area (Å²) in [5.74, 6) is 1.22. The van der Waals surface area contributed by atoms with Gasteiger partial charge in [0.1, 0.15) is 0 Å². The molecule has 0 spiro atoms. The first kappa shape index (κ1) is 22.2. The van der Waals surface area contributed by atoms with E-state index in [-0.39, 0.29) is 11.6 Å². The second-order valence-electron chi connectivity index (χ2n) is 6.05. The Morgan fingerprint density at radius 2 is 1.13 bits per heavy atom. The summed E-state index contributed by atoms with van der Waals surface area (Å²) in [6.45, 7) is 11.0. The van der Waals surface area contributed by atoms with Gasteiger partial charge in [0.2, 0.25) is 0 Å². The molecule has 0 atom stereocenters. The molecule has 0 saturated heterocycles. The van der Waals surface area contributed by atoms with E-state index >= 15 is 0 Å². The van der Waals surface area contributed by atoms with Gasteiger partial charge >= 0.3 is 146 Å². The van der Waals surface area contributed by atoms with E-state index in [1.54, 1.807) is 0 Å². The first-order chi connectivity index (χ1) is 10.7. The average molecular weight is 431 g/mol. The first-order valence-electron chi connectivity index (χ1n) is 8.50. The molecule has 0 unspecified atom stereocenters. The van der Waals surface area contributed by atoms with Crippen molar-refractivity contribution < 1.29 is 15.7 Å². The van der Waals surface area contributed by atoms with Crippen LogP contribution >= 0.6 is 0 Å². The summed E-state index contributed by atoms with van der Waals surface area (Å²) in [6, 6.07) is 0. The number of hydrogen-bond acceptors (Lipinski definition) is 4. The number of allylic oxidation sites excluding steroid dienone is 4. The van der Waals surface area contributed by atoms with Crippen molar-refractivity contribution in [1.82, 2.24) is 0 Å². The molecule has 132 valence electrons. The number of ketones is 2. The predicted octanol–water partition coefficient (Wildman–Crippen LogP) is 5.05. The van der Waals surface area contributed by atoms with E-state index in [0.29, 0.717) is 11.5 Å². The molecule has 0 amide bonds. The van der Waals surface area contributed by atoms with Crippen LogP contribution in [0.3, 0.4) is 0 Å². The van der Waals surface area contributed by atoms with Crippen molar-refractivity contribution >= 4 is 30.8 Å². The fraction of sp³-hybridized carbons (Fsp3) is 0.667. The number of carbonyl (C=O) groups is 2. The standard InChI is InChI=1S/2C5H8O2.2C4H9.Sn/c2*1-4(6)3-5(2)7;2*1-3-4-2;/h2*3,6H,1-2H3;2*1,3-4H2,2H3;/q;;;;+2/p-2. The molecule has 0 saturated carbocycles. The molecule has 4 nitrogen and oxygen atoms in total. The molecule has 23 heavy (non-hydrogen) atoms. The monoisotopic (exact) mass is 432 g/mol. The number of unbranched alkanes of at least 4 members (excludes halogenated alkanes) is 2. The molecular weight excluding hydrogens is 399 g/mol. The zero-order valence-electron chi connectivity index (χ0n) is 15.5. The quantitative estimate of drug-likeness (QED) is 0.247. The molecule has 0 rings (SSSR count). The summed E-state index contributed by atoms with van der Waals surface area (Å²) in [7, 11) is 0. The summed E-state index contributed by atoms with van der Waals surface area (Å²) < 4.78 is 14.4. The van der Waals surface area contributed by atoms with E-state index in [9.17, 15) is 9.59 Å². The normalized spacial score (nSPS) is 13.0. The van der Waals surface area contributed by atoms with Crippen LogP contribution in [0.5, 0.6) is 0 Å². The van der Waals surface area contributed by atoms with Crippen LogP contribution in [-0.2, 0) is 15.7 Å². The van der Waals surface area contributed by atoms with Crippen molar-refractivity contribution in [3.63, 3.8) is 0 Å². The maximum absolute atomic E-state index is 11.3. The van der Waals surface area contributed by atoms with Crippen LogP contribution in [0.15, 0.2) is 23.7 Å². The molecule has 0 aromatic carbocycles. The van der Waals surface area contributed by atoms with Gasteiger partial charge in [-0.2, -0.15) is 0 Å². The van der Waals surface area contributed by atoms with Crippen molar-refractivity contribution in [1.29, 1.82) is 0 Å². The molecule has 0 aliphatic rings. The van der Waals surface area contributed by atoms with Crippen LogP contribution in [0.4, 0.5) is 0 Å². The Kier molecular flexibility index (Phi) is 11.3. The van der Waals surface area contributed by atoms with Gasteiger partial charge in [-0.25, -0.2) is 0 Å². The van der Waals surface area contributed by atoms with Gasteiger partial charge in [0.25, 0.3) is 0 Å². The van der Waals surface area contributed by atoms with E-state index < -0.39 is 19.2 Å². The Balaban J connectivity index is 5.46. The van der Waals surface area contributed by atoms with Crippen molar-refractivity contribution in [3.8, 4) is 0 Å². The molecule has 0 aliphatic heterocycles. The summed E-state index contributed by atoms with van der Waals surface area (Å²) in [5.41, 5.74) is 0. The molecule has 0 bridgehead atoms. The molecule has 0 aliphatic carbocycles. The van der Waals surface area contributed by atoms with Crippen LogP contribution in [0.25, 0.3) is 0 Å². The third-order valence-corrected chi connectivity index (χ3v) is 13.7. The van der Waals surface area contributed by atoms with E-state index in [4.69, 9.17) is 6.15 Å². The molecule has 0 N–H and O–H groups in total. The molecule has 0 radical (unpaired) electrons. The predicted molar refractivity (Wildman–Crippen MR) is 96.2 cm³/mol. The van der Waals surface area contributed by atoms with E-state index in [2.05, 4.69) is 13.8 Å². The molecule has 0 aromatic rings. The van der Waals surface area contributed by atoms with Crippen LogP contribution in [0.2, 0.25) is 8.87 Å². The second-order valence-corrected chi connectivity index (χ2v) is 15.3.